The van der Waals surface area contributed by atoms with Crippen LogP contribution in [0.1, 0.15) is 13.8 Å². The third-order valence-corrected chi connectivity index (χ3v) is 1.71. The minimum Gasteiger partial charge on any atom is -0.400 e. The molecule has 0 unspecified atom stereocenters. The second-order valence-corrected chi connectivity index (χ2v) is 3.57. The number of hydrogen-bond donors (Lipinski definition) is 2. The molecule has 0 aromatic carbocycles. The SMILES string of the molecule is C=C(N)C(C)(C)OS(=O)(=O)O. The lowest BCUT2D eigenvalue weighted by Crippen LogP contribution is -2.33. The molecule has 0 saturated carbocycles. The van der Waals surface area contributed by atoms with Gasteiger partial charge in [0.25, 0.3) is 0 Å². The van der Waals surface area contributed by atoms with Crippen molar-refractivity contribution in [3.05, 3.63) is 12.3 Å². The zero-order valence-corrected chi connectivity index (χ0v) is 7.18. The molecule has 0 heterocycles. The van der Waals surface area contributed by atoms with Crippen LogP contribution in [-0.2, 0) is 14.6 Å². The Morgan fingerprint density at radius 1 is 1.64 bits per heavy atom. The van der Waals surface area contributed by atoms with Crippen molar-refractivity contribution in [2.24, 2.45) is 5.73 Å². The third kappa shape index (κ3) is 3.97. The fraction of sp³-hybridized carbons (Fsp3) is 0.600. The summed E-state index contributed by atoms with van der Waals surface area (Å²) in [4.78, 5) is 0. The van der Waals surface area contributed by atoms with E-state index in [1.54, 1.807) is 0 Å². The van der Waals surface area contributed by atoms with E-state index in [0.29, 0.717) is 0 Å². The van der Waals surface area contributed by atoms with E-state index >= 15 is 0 Å². The fourth-order valence-electron chi connectivity index (χ4n) is 0.317. The van der Waals surface area contributed by atoms with Gasteiger partial charge in [0.2, 0.25) is 0 Å². The number of hydrogen-bond acceptors (Lipinski definition) is 4. The van der Waals surface area contributed by atoms with Crippen LogP contribution in [0.4, 0.5) is 0 Å². The molecule has 3 N–H and O–H groups in total. The lowest BCUT2D eigenvalue weighted by atomic mass is 10.1. The molecule has 0 aliphatic carbocycles. The molecule has 11 heavy (non-hydrogen) atoms. The van der Waals surface area contributed by atoms with E-state index in [1.165, 1.54) is 13.8 Å². The molecule has 0 atom stereocenters. The summed E-state index contributed by atoms with van der Waals surface area (Å²) in [5, 5.41) is 0. The van der Waals surface area contributed by atoms with Crippen LogP contribution in [0.5, 0.6) is 0 Å². The minimum absolute atomic E-state index is 0.0233. The van der Waals surface area contributed by atoms with Crippen molar-refractivity contribution in [3.8, 4) is 0 Å². The highest BCUT2D eigenvalue weighted by molar-refractivity contribution is 7.80. The van der Waals surface area contributed by atoms with Gasteiger partial charge in [-0.2, -0.15) is 8.42 Å². The highest BCUT2D eigenvalue weighted by atomic mass is 32.3. The predicted molar refractivity (Wildman–Crippen MR) is 40.0 cm³/mol. The normalized spacial score (nSPS) is 13.0. The monoisotopic (exact) mass is 181 g/mol. The Labute approximate surface area is 65.8 Å². The molecule has 0 amide bonds. The van der Waals surface area contributed by atoms with Crippen LogP contribution in [0.3, 0.4) is 0 Å². The van der Waals surface area contributed by atoms with Gasteiger partial charge in [-0.05, 0) is 13.8 Å². The van der Waals surface area contributed by atoms with Crippen molar-refractivity contribution in [3.63, 3.8) is 0 Å². The van der Waals surface area contributed by atoms with Crippen LogP contribution in [0, 0.1) is 0 Å². The molecule has 0 spiro atoms. The molecular weight excluding hydrogens is 170 g/mol. The summed E-state index contributed by atoms with van der Waals surface area (Å²) in [5.41, 5.74) is 3.94. The molecule has 0 aliphatic rings. The van der Waals surface area contributed by atoms with Gasteiger partial charge in [-0.1, -0.05) is 6.58 Å². The van der Waals surface area contributed by atoms with E-state index < -0.39 is 16.0 Å². The van der Waals surface area contributed by atoms with Crippen molar-refractivity contribution < 1.29 is 17.2 Å². The standard InChI is InChI=1S/C5H11NO4S/c1-4(6)5(2,3)10-11(7,8)9/h1,6H2,2-3H3,(H,7,8,9). The molecule has 66 valence electrons. The third-order valence-electron chi connectivity index (χ3n) is 1.09. The van der Waals surface area contributed by atoms with Crippen LogP contribution < -0.4 is 5.73 Å². The van der Waals surface area contributed by atoms with Gasteiger partial charge in [-0.3, -0.25) is 4.55 Å². The maximum Gasteiger partial charge on any atom is 0.398 e. The van der Waals surface area contributed by atoms with E-state index in [4.69, 9.17) is 10.3 Å². The summed E-state index contributed by atoms with van der Waals surface area (Å²) in [6.45, 7) is 6.04. The lowest BCUT2D eigenvalue weighted by molar-refractivity contribution is 0.134. The van der Waals surface area contributed by atoms with Gasteiger partial charge in [0.15, 0.2) is 0 Å². The lowest BCUT2D eigenvalue weighted by Gasteiger charge is -2.21. The van der Waals surface area contributed by atoms with Gasteiger partial charge in [0, 0.05) is 5.70 Å². The Balaban J connectivity index is 4.51. The summed E-state index contributed by atoms with van der Waals surface area (Å²) in [6, 6.07) is 0. The van der Waals surface area contributed by atoms with Gasteiger partial charge in [0.1, 0.15) is 5.60 Å². The van der Waals surface area contributed by atoms with Crippen molar-refractivity contribution in [2.75, 3.05) is 0 Å². The Hall–Kier alpha value is -0.590. The first-order valence-corrected chi connectivity index (χ1v) is 4.14. The summed E-state index contributed by atoms with van der Waals surface area (Å²) < 4.78 is 32.8. The van der Waals surface area contributed by atoms with Crippen molar-refractivity contribution in [1.29, 1.82) is 0 Å². The first kappa shape index (κ1) is 10.4. The molecule has 0 radical (unpaired) electrons. The Kier molecular flexibility index (Phi) is 2.65. The maximum absolute atomic E-state index is 10.2. The van der Waals surface area contributed by atoms with Crippen LogP contribution in [0.2, 0.25) is 0 Å². The topological polar surface area (TPSA) is 89.6 Å². The first-order chi connectivity index (χ1) is 4.65. The second-order valence-electron chi connectivity index (χ2n) is 2.55. The zero-order valence-electron chi connectivity index (χ0n) is 6.36. The van der Waals surface area contributed by atoms with E-state index in [2.05, 4.69) is 10.8 Å². The van der Waals surface area contributed by atoms with Crippen molar-refractivity contribution >= 4 is 10.4 Å². The zero-order chi connectivity index (χ0) is 9.28. The average molecular weight is 181 g/mol. The fourth-order valence-corrected chi connectivity index (χ4v) is 0.950. The summed E-state index contributed by atoms with van der Waals surface area (Å²) in [5.74, 6) is 0. The molecule has 0 saturated heterocycles. The number of rotatable bonds is 3. The van der Waals surface area contributed by atoms with E-state index in [9.17, 15) is 8.42 Å². The van der Waals surface area contributed by atoms with E-state index in [-0.39, 0.29) is 5.70 Å². The molecule has 0 bridgehead atoms. The average Bonchev–Trinajstić information content (AvgIpc) is 1.56. The van der Waals surface area contributed by atoms with Gasteiger partial charge < -0.3 is 5.73 Å². The molecule has 0 aliphatic heterocycles. The molecule has 0 fully saturated rings. The highest BCUT2D eigenvalue weighted by Gasteiger charge is 2.26. The Morgan fingerprint density at radius 3 is 2.09 bits per heavy atom. The van der Waals surface area contributed by atoms with Crippen molar-refractivity contribution in [1.82, 2.24) is 0 Å². The van der Waals surface area contributed by atoms with Crippen molar-refractivity contribution in [2.45, 2.75) is 19.4 Å². The number of nitrogens with two attached hydrogens (primary N) is 1. The molecule has 0 aromatic heterocycles. The maximum atomic E-state index is 10.2. The van der Waals surface area contributed by atoms with Crippen LogP contribution in [0.25, 0.3) is 0 Å². The molecule has 0 aromatic rings. The quantitative estimate of drug-likeness (QED) is 0.601. The smallest absolute Gasteiger partial charge is 0.398 e. The predicted octanol–water partition coefficient (Wildman–Crippen LogP) is 0.0568. The Morgan fingerprint density at radius 2 is 2.00 bits per heavy atom. The summed E-state index contributed by atoms with van der Waals surface area (Å²) >= 11 is 0. The van der Waals surface area contributed by atoms with Gasteiger partial charge in [-0.25, -0.2) is 4.18 Å². The van der Waals surface area contributed by atoms with Gasteiger partial charge in [0.05, 0.1) is 0 Å². The van der Waals surface area contributed by atoms with Gasteiger partial charge >= 0.3 is 10.4 Å². The Bertz CT molecular complexity index is 254. The molecule has 0 rings (SSSR count). The molecular formula is C5H11NO4S. The minimum atomic E-state index is -4.47. The van der Waals surface area contributed by atoms with E-state index in [1.807, 2.05) is 0 Å². The van der Waals surface area contributed by atoms with Crippen LogP contribution in [-0.4, -0.2) is 18.6 Å². The first-order valence-electron chi connectivity index (χ1n) is 2.78. The highest BCUT2D eigenvalue weighted by Crippen LogP contribution is 2.16. The largest absolute Gasteiger partial charge is 0.400 e. The summed E-state index contributed by atoms with van der Waals surface area (Å²) in [6.07, 6.45) is 0. The molecule has 5 nitrogen and oxygen atoms in total. The van der Waals surface area contributed by atoms with Gasteiger partial charge in [-0.15, -0.1) is 0 Å². The second kappa shape index (κ2) is 2.80. The van der Waals surface area contributed by atoms with Crippen LogP contribution in [0.15, 0.2) is 12.3 Å². The van der Waals surface area contributed by atoms with Crippen LogP contribution >= 0.6 is 0 Å². The molecule has 6 heteroatoms. The van der Waals surface area contributed by atoms with E-state index in [0.717, 1.165) is 0 Å². The summed E-state index contributed by atoms with van der Waals surface area (Å²) in [7, 11) is -4.47.